The van der Waals surface area contributed by atoms with Crippen molar-refractivity contribution in [3.05, 3.63) is 106 Å². The maximum absolute atomic E-state index is 13.8. The lowest BCUT2D eigenvalue weighted by Gasteiger charge is -2.26. The van der Waals surface area contributed by atoms with E-state index in [1.165, 1.54) is 30.2 Å². The van der Waals surface area contributed by atoms with Crippen molar-refractivity contribution in [2.24, 2.45) is 0 Å². The molecule has 1 aliphatic rings. The number of halogens is 1. The monoisotopic (exact) mass is 542 g/mol. The Morgan fingerprint density at radius 1 is 1.10 bits per heavy atom. The minimum Gasteiger partial charge on any atom is -0.508 e. The molecule has 3 N–H and O–H groups in total. The Balaban J connectivity index is 1.40. The SMILES string of the molecule is COc1cc(Cl)cc2cc(C(=O)C3=C(O)C(=O)N(CCc4c[nH]c5ccccc45)C3c3cccc(O)c3)oc12. The van der Waals surface area contributed by atoms with E-state index in [1.807, 2.05) is 30.5 Å². The van der Waals surface area contributed by atoms with Crippen LogP contribution in [0, 0.1) is 0 Å². The summed E-state index contributed by atoms with van der Waals surface area (Å²) in [7, 11) is 1.46. The highest BCUT2D eigenvalue weighted by molar-refractivity contribution is 6.31. The second kappa shape index (κ2) is 9.56. The zero-order valence-electron chi connectivity index (χ0n) is 20.8. The van der Waals surface area contributed by atoms with Gasteiger partial charge in [0.25, 0.3) is 5.91 Å². The Kier molecular flexibility index (Phi) is 6.04. The number of Topliss-reactive ketones (excluding diaryl/α,β-unsaturated/α-hetero) is 1. The highest BCUT2D eigenvalue weighted by Gasteiger charge is 2.44. The number of carbonyl (C=O) groups excluding carboxylic acids is 2. The van der Waals surface area contributed by atoms with Crippen molar-refractivity contribution in [3.63, 3.8) is 0 Å². The number of phenolic OH excluding ortho intramolecular Hbond substituents is 1. The minimum atomic E-state index is -0.944. The Bertz CT molecular complexity index is 1800. The first kappa shape index (κ1) is 24.6. The van der Waals surface area contributed by atoms with E-state index in [1.54, 1.807) is 24.3 Å². The number of hydrogen-bond donors (Lipinski definition) is 3. The molecule has 3 heterocycles. The number of methoxy groups -OCH3 is 1. The Hall–Kier alpha value is -4.69. The number of furan rings is 1. The number of aliphatic hydroxyl groups excluding tert-OH is 1. The number of hydrogen-bond acceptors (Lipinski definition) is 6. The summed E-state index contributed by atoms with van der Waals surface area (Å²) in [4.78, 5) is 31.9. The highest BCUT2D eigenvalue weighted by atomic mass is 35.5. The molecule has 0 fully saturated rings. The van der Waals surface area contributed by atoms with Gasteiger partial charge in [-0.2, -0.15) is 0 Å². The van der Waals surface area contributed by atoms with Crippen molar-refractivity contribution in [3.8, 4) is 11.5 Å². The first-order valence-electron chi connectivity index (χ1n) is 12.3. The zero-order chi connectivity index (χ0) is 27.3. The number of ketones is 1. The molecule has 1 unspecified atom stereocenters. The third-order valence-corrected chi connectivity index (χ3v) is 7.24. The van der Waals surface area contributed by atoms with Gasteiger partial charge in [-0.1, -0.05) is 41.9 Å². The normalized spacial score (nSPS) is 15.6. The number of rotatable bonds is 7. The smallest absolute Gasteiger partial charge is 0.290 e. The summed E-state index contributed by atoms with van der Waals surface area (Å²) in [5, 5.41) is 23.2. The van der Waals surface area contributed by atoms with Crippen molar-refractivity contribution >= 4 is 45.2 Å². The van der Waals surface area contributed by atoms with Crippen LogP contribution in [0.3, 0.4) is 0 Å². The van der Waals surface area contributed by atoms with Crippen molar-refractivity contribution in [1.29, 1.82) is 0 Å². The number of ether oxygens (including phenoxy) is 1. The molecule has 6 rings (SSSR count). The summed E-state index contributed by atoms with van der Waals surface area (Å²) in [6.07, 6.45) is 2.36. The molecule has 0 spiro atoms. The van der Waals surface area contributed by atoms with E-state index >= 15 is 0 Å². The van der Waals surface area contributed by atoms with Crippen LogP contribution >= 0.6 is 11.6 Å². The molecule has 0 radical (unpaired) electrons. The van der Waals surface area contributed by atoms with E-state index in [4.69, 9.17) is 20.8 Å². The van der Waals surface area contributed by atoms with E-state index in [2.05, 4.69) is 4.98 Å². The predicted molar refractivity (Wildman–Crippen MR) is 146 cm³/mol. The minimum absolute atomic E-state index is 0.0298. The van der Waals surface area contributed by atoms with Crippen LogP contribution in [-0.4, -0.2) is 45.4 Å². The standard InChI is InChI=1S/C30H23ClN2O6/c1-38-24-14-19(31)11-18-13-23(39-29(18)24)27(35)25-26(16-5-4-6-20(34)12-16)33(30(37)28(25)36)10-9-17-15-32-22-8-3-2-7-21(17)22/h2-8,11-15,26,32,34,36H,9-10H2,1H3. The number of aliphatic hydroxyl groups is 1. The largest absolute Gasteiger partial charge is 0.508 e. The van der Waals surface area contributed by atoms with Gasteiger partial charge in [0.05, 0.1) is 18.7 Å². The summed E-state index contributed by atoms with van der Waals surface area (Å²) in [5.74, 6) is -1.75. The lowest BCUT2D eigenvalue weighted by atomic mass is 9.94. The summed E-state index contributed by atoms with van der Waals surface area (Å²) >= 11 is 6.18. The molecule has 1 aliphatic heterocycles. The van der Waals surface area contributed by atoms with Crippen LogP contribution < -0.4 is 4.74 Å². The number of fused-ring (bicyclic) bond motifs is 2. The molecule has 3 aromatic carbocycles. The number of nitrogens with one attached hydrogen (secondary N) is 1. The average Bonchev–Trinajstić information content (AvgIpc) is 3.61. The van der Waals surface area contributed by atoms with Crippen LogP contribution in [0.15, 0.2) is 88.7 Å². The van der Waals surface area contributed by atoms with E-state index < -0.39 is 23.5 Å². The summed E-state index contributed by atoms with van der Waals surface area (Å²) in [6, 6.07) is 17.9. The summed E-state index contributed by atoms with van der Waals surface area (Å²) in [5.41, 5.74) is 2.63. The van der Waals surface area contributed by atoms with Gasteiger partial charge in [-0.05, 0) is 47.9 Å². The molecular formula is C30H23ClN2O6. The van der Waals surface area contributed by atoms with Gasteiger partial charge in [-0.25, -0.2) is 0 Å². The van der Waals surface area contributed by atoms with Gasteiger partial charge >= 0.3 is 0 Å². The Labute approximate surface area is 227 Å². The van der Waals surface area contributed by atoms with Gasteiger partial charge in [0.2, 0.25) is 5.78 Å². The second-order valence-electron chi connectivity index (χ2n) is 9.33. The van der Waals surface area contributed by atoms with E-state index in [0.29, 0.717) is 33.7 Å². The maximum atomic E-state index is 13.8. The number of benzene rings is 3. The molecule has 196 valence electrons. The van der Waals surface area contributed by atoms with E-state index in [-0.39, 0.29) is 23.6 Å². The third-order valence-electron chi connectivity index (χ3n) is 7.02. The number of carbonyl (C=O) groups is 2. The number of amides is 1. The molecule has 1 atom stereocenters. The van der Waals surface area contributed by atoms with Gasteiger partial charge in [0.15, 0.2) is 22.9 Å². The Morgan fingerprint density at radius 2 is 1.92 bits per heavy atom. The van der Waals surface area contributed by atoms with Crippen molar-refractivity contribution in [1.82, 2.24) is 9.88 Å². The molecule has 8 nitrogen and oxygen atoms in total. The fourth-order valence-electron chi connectivity index (χ4n) is 5.22. The van der Waals surface area contributed by atoms with Crippen molar-refractivity contribution in [2.75, 3.05) is 13.7 Å². The molecule has 9 heteroatoms. The molecule has 39 heavy (non-hydrogen) atoms. The van der Waals surface area contributed by atoms with Crippen LogP contribution in [0.4, 0.5) is 0 Å². The third kappa shape index (κ3) is 4.19. The van der Waals surface area contributed by atoms with Crippen LogP contribution in [0.25, 0.3) is 21.9 Å². The topological polar surface area (TPSA) is 116 Å². The number of H-pyrrole nitrogens is 1. The van der Waals surface area contributed by atoms with Crippen LogP contribution in [0.2, 0.25) is 5.02 Å². The maximum Gasteiger partial charge on any atom is 0.290 e. The number of aromatic hydroxyl groups is 1. The molecule has 5 aromatic rings. The van der Waals surface area contributed by atoms with Crippen LogP contribution in [-0.2, 0) is 11.2 Å². The molecule has 0 aliphatic carbocycles. The molecule has 0 saturated heterocycles. The highest BCUT2D eigenvalue weighted by Crippen LogP contribution is 2.41. The predicted octanol–water partition coefficient (Wildman–Crippen LogP) is 6.10. The van der Waals surface area contributed by atoms with Gasteiger partial charge < -0.3 is 29.3 Å². The van der Waals surface area contributed by atoms with Crippen LogP contribution in [0.1, 0.15) is 27.7 Å². The second-order valence-corrected chi connectivity index (χ2v) is 9.77. The first-order chi connectivity index (χ1) is 18.9. The average molecular weight is 543 g/mol. The van der Waals surface area contributed by atoms with Gasteiger partial charge in [-0.15, -0.1) is 0 Å². The fraction of sp³-hybridized carbons (Fsp3) is 0.133. The zero-order valence-corrected chi connectivity index (χ0v) is 21.5. The first-order valence-corrected chi connectivity index (χ1v) is 12.6. The van der Waals surface area contributed by atoms with E-state index in [0.717, 1.165) is 16.5 Å². The fourth-order valence-corrected chi connectivity index (χ4v) is 5.44. The van der Waals surface area contributed by atoms with Gasteiger partial charge in [-0.3, -0.25) is 9.59 Å². The molecule has 0 saturated carbocycles. The van der Waals surface area contributed by atoms with Crippen LogP contribution in [0.5, 0.6) is 11.5 Å². The van der Waals surface area contributed by atoms with Gasteiger partial charge in [0, 0.05) is 40.1 Å². The number of phenols is 1. The van der Waals surface area contributed by atoms with E-state index in [9.17, 15) is 19.8 Å². The van der Waals surface area contributed by atoms with Gasteiger partial charge in [0.1, 0.15) is 5.75 Å². The quantitative estimate of drug-likeness (QED) is 0.214. The molecular weight excluding hydrogens is 520 g/mol. The number of nitrogens with zero attached hydrogens (tertiary/aromatic N) is 1. The van der Waals surface area contributed by atoms with Crippen molar-refractivity contribution < 1.29 is 29.0 Å². The van der Waals surface area contributed by atoms with Crippen molar-refractivity contribution in [2.45, 2.75) is 12.5 Å². The molecule has 1 amide bonds. The summed E-state index contributed by atoms with van der Waals surface area (Å²) in [6.45, 7) is 0.214. The summed E-state index contributed by atoms with van der Waals surface area (Å²) < 4.78 is 11.2. The number of aromatic amines is 1. The number of para-hydroxylation sites is 1. The lowest BCUT2D eigenvalue weighted by molar-refractivity contribution is -0.129. The lowest BCUT2D eigenvalue weighted by Crippen LogP contribution is -2.33. The number of aromatic nitrogens is 1. The molecule has 0 bridgehead atoms. The Morgan fingerprint density at radius 3 is 2.72 bits per heavy atom. The molecule has 2 aromatic heterocycles.